The van der Waals surface area contributed by atoms with Crippen molar-refractivity contribution in [3.05, 3.63) is 22.8 Å². The Labute approximate surface area is 102 Å². The molecular weight excluding hydrogens is 214 g/mol. The predicted molar refractivity (Wildman–Crippen MR) is 64.9 cm³/mol. The maximum Gasteiger partial charge on any atom is 0.131 e. The highest BCUT2D eigenvalue weighted by Gasteiger charge is 2.20. The second-order valence-corrected chi connectivity index (χ2v) is 4.92. The van der Waals surface area contributed by atoms with Gasteiger partial charge in [0.15, 0.2) is 0 Å². The van der Waals surface area contributed by atoms with E-state index < -0.39 is 0 Å². The van der Waals surface area contributed by atoms with E-state index in [0.29, 0.717) is 6.10 Å². The van der Waals surface area contributed by atoms with Gasteiger partial charge in [-0.15, -0.1) is 0 Å². The van der Waals surface area contributed by atoms with Crippen LogP contribution in [0.5, 0.6) is 0 Å². The maximum absolute atomic E-state index is 5.65. The van der Waals surface area contributed by atoms with Gasteiger partial charge in [0.1, 0.15) is 5.82 Å². The molecule has 3 rings (SSSR count). The van der Waals surface area contributed by atoms with E-state index in [1.165, 1.54) is 17.7 Å². The third-order valence-electron chi connectivity index (χ3n) is 3.62. The Kier molecular flexibility index (Phi) is 3.07. The fourth-order valence-corrected chi connectivity index (χ4v) is 2.68. The van der Waals surface area contributed by atoms with E-state index in [1.54, 1.807) is 0 Å². The topological polar surface area (TPSA) is 47.0 Å². The molecule has 2 aliphatic heterocycles. The predicted octanol–water partition coefficient (Wildman–Crippen LogP) is 1.15. The van der Waals surface area contributed by atoms with E-state index in [-0.39, 0.29) is 0 Å². The van der Waals surface area contributed by atoms with Crippen molar-refractivity contribution in [2.75, 3.05) is 13.2 Å². The Morgan fingerprint density at radius 3 is 3.18 bits per heavy atom. The number of aromatic nitrogens is 2. The Morgan fingerprint density at radius 1 is 1.41 bits per heavy atom. The van der Waals surface area contributed by atoms with Crippen molar-refractivity contribution in [3.63, 3.8) is 0 Å². The summed E-state index contributed by atoms with van der Waals surface area (Å²) in [6.07, 6.45) is 4.58. The first-order valence-electron chi connectivity index (χ1n) is 6.50. The Morgan fingerprint density at radius 2 is 2.35 bits per heavy atom. The number of nitrogens with one attached hydrogen (secondary N) is 1. The summed E-state index contributed by atoms with van der Waals surface area (Å²) in [5, 5.41) is 3.37. The zero-order chi connectivity index (χ0) is 11.7. The van der Waals surface area contributed by atoms with Gasteiger partial charge in [-0.05, 0) is 19.8 Å². The van der Waals surface area contributed by atoms with E-state index >= 15 is 0 Å². The molecule has 0 bridgehead atoms. The van der Waals surface area contributed by atoms with Crippen LogP contribution in [0, 0.1) is 6.92 Å². The molecule has 1 atom stereocenters. The summed E-state index contributed by atoms with van der Waals surface area (Å²) < 4.78 is 5.65. The van der Waals surface area contributed by atoms with Gasteiger partial charge < -0.3 is 10.1 Å². The van der Waals surface area contributed by atoms with Gasteiger partial charge in [0.25, 0.3) is 0 Å². The Hall–Kier alpha value is -1.00. The average molecular weight is 233 g/mol. The highest BCUT2D eigenvalue weighted by atomic mass is 16.5. The summed E-state index contributed by atoms with van der Waals surface area (Å²) in [6, 6.07) is 0. The number of aryl methyl sites for hydroxylation is 1. The zero-order valence-electron chi connectivity index (χ0n) is 10.3. The fraction of sp³-hybridized carbons (Fsp3) is 0.692. The van der Waals surface area contributed by atoms with Crippen LogP contribution in [0.2, 0.25) is 0 Å². The van der Waals surface area contributed by atoms with E-state index in [0.717, 1.165) is 50.5 Å². The Bertz CT molecular complexity index is 413. The van der Waals surface area contributed by atoms with Crippen molar-refractivity contribution in [2.45, 2.75) is 45.3 Å². The van der Waals surface area contributed by atoms with Crippen molar-refractivity contribution in [1.82, 2.24) is 15.3 Å². The van der Waals surface area contributed by atoms with Crippen LogP contribution < -0.4 is 5.32 Å². The molecular formula is C13H19N3O. The number of ether oxygens (including phenoxy) is 1. The van der Waals surface area contributed by atoms with Gasteiger partial charge in [-0.3, -0.25) is 0 Å². The highest BCUT2D eigenvalue weighted by molar-refractivity contribution is 5.27. The third kappa shape index (κ3) is 2.33. The maximum atomic E-state index is 5.65. The highest BCUT2D eigenvalue weighted by Crippen LogP contribution is 2.19. The van der Waals surface area contributed by atoms with Crippen LogP contribution in [0.25, 0.3) is 0 Å². The average Bonchev–Trinajstić information content (AvgIpc) is 2.82. The normalized spacial score (nSPS) is 23.7. The van der Waals surface area contributed by atoms with Crippen molar-refractivity contribution < 1.29 is 4.74 Å². The van der Waals surface area contributed by atoms with Crippen LogP contribution in [-0.2, 0) is 24.1 Å². The van der Waals surface area contributed by atoms with Gasteiger partial charge in [0, 0.05) is 43.8 Å². The van der Waals surface area contributed by atoms with Crippen molar-refractivity contribution in [3.8, 4) is 0 Å². The summed E-state index contributed by atoms with van der Waals surface area (Å²) in [7, 11) is 0. The molecule has 0 radical (unpaired) electrons. The van der Waals surface area contributed by atoms with Gasteiger partial charge in [-0.25, -0.2) is 9.97 Å². The van der Waals surface area contributed by atoms with Crippen molar-refractivity contribution >= 4 is 0 Å². The fourth-order valence-electron chi connectivity index (χ4n) is 2.68. The lowest BCUT2D eigenvalue weighted by molar-refractivity contribution is 0.109. The minimum atomic E-state index is 0.342. The number of hydrogen-bond donors (Lipinski definition) is 1. The minimum Gasteiger partial charge on any atom is -0.378 e. The van der Waals surface area contributed by atoms with Crippen LogP contribution in [-0.4, -0.2) is 29.2 Å². The molecule has 0 amide bonds. The summed E-state index contributed by atoms with van der Waals surface area (Å²) in [5.74, 6) is 0.968. The molecule has 3 heterocycles. The van der Waals surface area contributed by atoms with Gasteiger partial charge in [-0.1, -0.05) is 0 Å². The molecule has 1 N–H and O–H groups in total. The molecule has 17 heavy (non-hydrogen) atoms. The van der Waals surface area contributed by atoms with Crippen LogP contribution in [0.15, 0.2) is 0 Å². The summed E-state index contributed by atoms with van der Waals surface area (Å²) in [5.41, 5.74) is 3.67. The molecule has 4 nitrogen and oxygen atoms in total. The molecule has 1 aromatic rings. The van der Waals surface area contributed by atoms with Crippen LogP contribution in [0.3, 0.4) is 0 Å². The molecule has 1 saturated heterocycles. The molecule has 0 saturated carbocycles. The second-order valence-electron chi connectivity index (χ2n) is 4.92. The summed E-state index contributed by atoms with van der Waals surface area (Å²) in [4.78, 5) is 9.33. The second kappa shape index (κ2) is 4.70. The molecule has 1 unspecified atom stereocenters. The lowest BCUT2D eigenvalue weighted by Gasteiger charge is -2.19. The zero-order valence-corrected chi connectivity index (χ0v) is 10.3. The van der Waals surface area contributed by atoms with Gasteiger partial charge in [0.05, 0.1) is 11.8 Å². The first-order valence-corrected chi connectivity index (χ1v) is 6.50. The van der Waals surface area contributed by atoms with Gasteiger partial charge in [0.2, 0.25) is 0 Å². The SMILES string of the molecule is Cc1nc(CC2CCCO2)nc2c1CNCC2. The molecule has 1 fully saturated rings. The number of hydrogen-bond acceptors (Lipinski definition) is 4. The van der Waals surface area contributed by atoms with E-state index in [9.17, 15) is 0 Å². The molecule has 92 valence electrons. The van der Waals surface area contributed by atoms with E-state index in [1.807, 2.05) is 0 Å². The van der Waals surface area contributed by atoms with E-state index in [2.05, 4.69) is 17.2 Å². The van der Waals surface area contributed by atoms with Crippen LogP contribution in [0.1, 0.15) is 35.6 Å². The lowest BCUT2D eigenvalue weighted by Crippen LogP contribution is -2.27. The summed E-state index contributed by atoms with van der Waals surface area (Å²) >= 11 is 0. The third-order valence-corrected chi connectivity index (χ3v) is 3.62. The molecule has 0 aliphatic carbocycles. The van der Waals surface area contributed by atoms with Crippen molar-refractivity contribution in [2.24, 2.45) is 0 Å². The largest absolute Gasteiger partial charge is 0.378 e. The number of fused-ring (bicyclic) bond motifs is 1. The molecule has 1 aromatic heterocycles. The first-order chi connectivity index (χ1) is 8.33. The standard InChI is InChI=1S/C13H19N3O/c1-9-11-8-14-5-4-12(11)16-13(15-9)7-10-3-2-6-17-10/h10,14H,2-8H2,1H3. The lowest BCUT2D eigenvalue weighted by atomic mass is 10.1. The summed E-state index contributed by atoms with van der Waals surface area (Å²) in [6.45, 7) is 4.94. The quantitative estimate of drug-likeness (QED) is 0.832. The smallest absolute Gasteiger partial charge is 0.131 e. The van der Waals surface area contributed by atoms with Crippen LogP contribution in [0.4, 0.5) is 0 Å². The van der Waals surface area contributed by atoms with Gasteiger partial charge >= 0.3 is 0 Å². The van der Waals surface area contributed by atoms with E-state index in [4.69, 9.17) is 9.72 Å². The van der Waals surface area contributed by atoms with Crippen molar-refractivity contribution in [1.29, 1.82) is 0 Å². The first kappa shape index (κ1) is 11.1. The monoisotopic (exact) mass is 233 g/mol. The number of nitrogens with zero attached hydrogens (tertiary/aromatic N) is 2. The molecule has 0 aromatic carbocycles. The minimum absolute atomic E-state index is 0.342. The van der Waals surface area contributed by atoms with Gasteiger partial charge in [-0.2, -0.15) is 0 Å². The number of rotatable bonds is 2. The molecule has 0 spiro atoms. The Balaban J connectivity index is 1.82. The molecule has 2 aliphatic rings. The molecule has 4 heteroatoms. The van der Waals surface area contributed by atoms with Crippen LogP contribution >= 0.6 is 0 Å².